The molecule has 1 heterocycles. The molecule has 19 heavy (non-hydrogen) atoms. The molecular formula is C17H27NO. The lowest BCUT2D eigenvalue weighted by Gasteiger charge is -2.21. The molecule has 0 aromatic heterocycles. The molecule has 2 atom stereocenters. The Morgan fingerprint density at radius 2 is 1.95 bits per heavy atom. The summed E-state index contributed by atoms with van der Waals surface area (Å²) in [6.07, 6.45) is 2.55. The molecule has 0 aliphatic carbocycles. The van der Waals surface area contributed by atoms with Crippen LogP contribution in [-0.4, -0.2) is 12.6 Å². The number of likely N-dealkylation sites (N-methyl/N-ethyl adjacent to an activating group) is 1. The third-order valence-corrected chi connectivity index (χ3v) is 3.86. The van der Waals surface area contributed by atoms with Gasteiger partial charge in [-0.15, -0.1) is 0 Å². The first kappa shape index (κ1) is 14.4. The molecule has 2 rings (SSSR count). The second-order valence-electron chi connectivity index (χ2n) is 6.48. The van der Waals surface area contributed by atoms with Crippen molar-refractivity contribution in [3.8, 4) is 5.75 Å². The summed E-state index contributed by atoms with van der Waals surface area (Å²) in [5, 5.41) is 3.59. The normalized spacial score (nSPS) is 22.2. The fourth-order valence-electron chi connectivity index (χ4n) is 2.77. The van der Waals surface area contributed by atoms with Crippen LogP contribution < -0.4 is 10.1 Å². The Morgan fingerprint density at radius 3 is 2.53 bits per heavy atom. The van der Waals surface area contributed by atoms with E-state index in [-0.39, 0.29) is 11.5 Å². The van der Waals surface area contributed by atoms with Gasteiger partial charge >= 0.3 is 0 Å². The molecule has 0 saturated heterocycles. The number of hydrogen-bond donors (Lipinski definition) is 1. The topological polar surface area (TPSA) is 21.3 Å². The van der Waals surface area contributed by atoms with E-state index in [1.807, 2.05) is 0 Å². The highest BCUT2D eigenvalue weighted by atomic mass is 16.5. The smallest absolute Gasteiger partial charge is 0.124 e. The van der Waals surface area contributed by atoms with Gasteiger partial charge in [0.1, 0.15) is 11.9 Å². The van der Waals surface area contributed by atoms with Gasteiger partial charge in [0.05, 0.1) is 6.04 Å². The molecule has 1 N–H and O–H groups in total. The Bertz CT molecular complexity index is 433. The van der Waals surface area contributed by atoms with E-state index in [4.69, 9.17) is 4.74 Å². The highest BCUT2D eigenvalue weighted by Crippen LogP contribution is 2.40. The maximum atomic E-state index is 6.12. The molecule has 2 nitrogen and oxygen atoms in total. The fraction of sp³-hybridized carbons (Fsp3) is 0.647. The maximum Gasteiger partial charge on any atom is 0.124 e. The van der Waals surface area contributed by atoms with Crippen molar-refractivity contribution in [1.82, 2.24) is 5.32 Å². The largest absolute Gasteiger partial charge is 0.488 e. The van der Waals surface area contributed by atoms with Crippen LogP contribution in [0.2, 0.25) is 0 Å². The average molecular weight is 261 g/mol. The molecule has 106 valence electrons. The van der Waals surface area contributed by atoms with E-state index in [1.165, 1.54) is 11.1 Å². The molecule has 2 heteroatoms. The molecule has 1 aromatic rings. The van der Waals surface area contributed by atoms with Crippen molar-refractivity contribution in [2.75, 3.05) is 6.54 Å². The molecular weight excluding hydrogens is 234 g/mol. The number of hydrogen-bond acceptors (Lipinski definition) is 2. The van der Waals surface area contributed by atoms with Crippen LogP contribution in [0.15, 0.2) is 18.2 Å². The van der Waals surface area contributed by atoms with Crippen molar-refractivity contribution < 1.29 is 4.74 Å². The first-order valence-corrected chi connectivity index (χ1v) is 7.51. The molecule has 1 aliphatic rings. The lowest BCUT2D eigenvalue weighted by Crippen LogP contribution is -2.30. The van der Waals surface area contributed by atoms with Gasteiger partial charge < -0.3 is 10.1 Å². The second-order valence-corrected chi connectivity index (χ2v) is 6.48. The van der Waals surface area contributed by atoms with Crippen LogP contribution in [0.1, 0.15) is 64.6 Å². The molecule has 0 spiro atoms. The van der Waals surface area contributed by atoms with E-state index in [1.54, 1.807) is 0 Å². The van der Waals surface area contributed by atoms with Crippen LogP contribution in [0.5, 0.6) is 5.75 Å². The minimum Gasteiger partial charge on any atom is -0.488 e. The van der Waals surface area contributed by atoms with Crippen molar-refractivity contribution in [3.63, 3.8) is 0 Å². The SMILES string of the molecule is CCCC1Oc2ccc(C(C)(C)C)cc2C1NCC. The maximum absolute atomic E-state index is 6.12. The van der Waals surface area contributed by atoms with Gasteiger partial charge in [0.2, 0.25) is 0 Å². The van der Waals surface area contributed by atoms with Crippen molar-refractivity contribution in [3.05, 3.63) is 29.3 Å². The van der Waals surface area contributed by atoms with E-state index in [9.17, 15) is 0 Å². The van der Waals surface area contributed by atoms with Gasteiger partial charge in [-0.2, -0.15) is 0 Å². The zero-order valence-corrected chi connectivity index (χ0v) is 12.9. The van der Waals surface area contributed by atoms with Gasteiger partial charge in [0.25, 0.3) is 0 Å². The highest BCUT2D eigenvalue weighted by molar-refractivity contribution is 5.45. The quantitative estimate of drug-likeness (QED) is 0.877. The number of benzene rings is 1. The number of nitrogens with one attached hydrogen (secondary N) is 1. The third-order valence-electron chi connectivity index (χ3n) is 3.86. The fourth-order valence-corrected chi connectivity index (χ4v) is 2.77. The molecule has 1 aromatic carbocycles. The van der Waals surface area contributed by atoms with Gasteiger partial charge in [0, 0.05) is 5.56 Å². The summed E-state index contributed by atoms with van der Waals surface area (Å²) in [6, 6.07) is 7.03. The first-order chi connectivity index (χ1) is 8.97. The zero-order chi connectivity index (χ0) is 14.0. The lowest BCUT2D eigenvalue weighted by atomic mass is 9.85. The van der Waals surface area contributed by atoms with E-state index < -0.39 is 0 Å². The van der Waals surface area contributed by atoms with Crippen molar-refractivity contribution in [2.24, 2.45) is 0 Å². The van der Waals surface area contributed by atoms with E-state index in [0.717, 1.165) is 25.1 Å². The Hall–Kier alpha value is -1.02. The first-order valence-electron chi connectivity index (χ1n) is 7.51. The Labute approximate surface area is 117 Å². The van der Waals surface area contributed by atoms with Gasteiger partial charge in [-0.1, -0.05) is 47.1 Å². The third kappa shape index (κ3) is 2.94. The Kier molecular flexibility index (Phi) is 4.19. The lowest BCUT2D eigenvalue weighted by molar-refractivity contribution is 0.179. The molecule has 2 unspecified atom stereocenters. The van der Waals surface area contributed by atoms with E-state index in [2.05, 4.69) is 58.1 Å². The van der Waals surface area contributed by atoms with Crippen LogP contribution >= 0.6 is 0 Å². The number of rotatable bonds is 4. The highest BCUT2D eigenvalue weighted by Gasteiger charge is 2.33. The molecule has 1 aliphatic heterocycles. The second kappa shape index (κ2) is 5.54. The van der Waals surface area contributed by atoms with Crippen LogP contribution in [-0.2, 0) is 5.41 Å². The van der Waals surface area contributed by atoms with Crippen LogP contribution in [0, 0.1) is 0 Å². The molecule has 0 bridgehead atoms. The van der Waals surface area contributed by atoms with Gasteiger partial charge in [-0.25, -0.2) is 0 Å². The minimum absolute atomic E-state index is 0.189. The molecule has 0 radical (unpaired) electrons. The van der Waals surface area contributed by atoms with Gasteiger partial charge in [0.15, 0.2) is 0 Å². The number of ether oxygens (including phenoxy) is 1. The molecule has 0 fully saturated rings. The Morgan fingerprint density at radius 1 is 1.21 bits per heavy atom. The monoisotopic (exact) mass is 261 g/mol. The van der Waals surface area contributed by atoms with E-state index in [0.29, 0.717) is 6.04 Å². The standard InChI is InChI=1S/C17H27NO/c1-6-8-15-16(18-7-2)13-11-12(17(3,4)5)9-10-14(13)19-15/h9-11,15-16,18H,6-8H2,1-5H3. The van der Waals surface area contributed by atoms with Crippen molar-refractivity contribution in [2.45, 2.75) is 65.0 Å². The van der Waals surface area contributed by atoms with Crippen LogP contribution in [0.4, 0.5) is 0 Å². The van der Waals surface area contributed by atoms with Crippen LogP contribution in [0.25, 0.3) is 0 Å². The summed E-state index contributed by atoms with van der Waals surface area (Å²) in [4.78, 5) is 0. The summed E-state index contributed by atoms with van der Waals surface area (Å²) in [5.41, 5.74) is 2.91. The summed E-state index contributed by atoms with van der Waals surface area (Å²) in [7, 11) is 0. The summed E-state index contributed by atoms with van der Waals surface area (Å²) >= 11 is 0. The van der Waals surface area contributed by atoms with Crippen LogP contribution in [0.3, 0.4) is 0 Å². The van der Waals surface area contributed by atoms with E-state index >= 15 is 0 Å². The summed E-state index contributed by atoms with van der Waals surface area (Å²) in [5.74, 6) is 1.07. The number of fused-ring (bicyclic) bond motifs is 1. The average Bonchev–Trinajstić information content (AvgIpc) is 2.67. The predicted molar refractivity (Wildman–Crippen MR) is 80.9 cm³/mol. The predicted octanol–water partition coefficient (Wildman–Crippen LogP) is 4.20. The summed E-state index contributed by atoms with van der Waals surface area (Å²) in [6.45, 7) is 12.1. The zero-order valence-electron chi connectivity index (χ0n) is 12.9. The van der Waals surface area contributed by atoms with Gasteiger partial charge in [-0.3, -0.25) is 0 Å². The minimum atomic E-state index is 0.189. The Balaban J connectivity index is 2.33. The summed E-state index contributed by atoms with van der Waals surface area (Å²) < 4.78 is 6.12. The molecule has 0 saturated carbocycles. The molecule has 0 amide bonds. The van der Waals surface area contributed by atoms with Crippen molar-refractivity contribution in [1.29, 1.82) is 0 Å². The van der Waals surface area contributed by atoms with Crippen molar-refractivity contribution >= 4 is 0 Å². The van der Waals surface area contributed by atoms with Gasteiger partial charge in [-0.05, 0) is 36.1 Å².